The fourth-order valence-electron chi connectivity index (χ4n) is 4.09. The van der Waals surface area contributed by atoms with Gasteiger partial charge in [0.05, 0.1) is 18.5 Å². The first-order chi connectivity index (χ1) is 18.9. The molecule has 0 spiro atoms. The molecule has 5 rings (SSSR count). The first-order valence-electron chi connectivity index (χ1n) is 12.7. The summed E-state index contributed by atoms with van der Waals surface area (Å²) >= 11 is 0. The van der Waals surface area contributed by atoms with E-state index in [-0.39, 0.29) is 30.4 Å². The normalized spacial score (nSPS) is 11.1. The molecule has 0 aliphatic heterocycles. The molecule has 39 heavy (non-hydrogen) atoms. The molecule has 0 unspecified atom stereocenters. The van der Waals surface area contributed by atoms with Gasteiger partial charge < -0.3 is 19.2 Å². The summed E-state index contributed by atoms with van der Waals surface area (Å²) in [6.45, 7) is 6.49. The summed E-state index contributed by atoms with van der Waals surface area (Å²) in [6.07, 6.45) is 3.04. The van der Waals surface area contributed by atoms with Crippen molar-refractivity contribution in [3.63, 3.8) is 0 Å². The second-order valence-corrected chi connectivity index (χ2v) is 9.16. The standard InChI is InChI=1S/C30H28N4O5/c1-4-37-30(36)25-17-32-34-26(14-15-31-28(25)34)21-6-5-7-22(16-21)33-29(35)27-13-12-24(39-27)18-38-23-10-8-20(9-11-23)19(2)3/h5-17,19H,4,18H2,1-3H3,(H,33,35). The van der Waals surface area contributed by atoms with Crippen molar-refractivity contribution in [1.82, 2.24) is 14.6 Å². The fourth-order valence-corrected chi connectivity index (χ4v) is 4.09. The predicted molar refractivity (Wildman–Crippen MR) is 146 cm³/mol. The number of carbonyl (C=O) groups is 2. The van der Waals surface area contributed by atoms with E-state index in [4.69, 9.17) is 13.9 Å². The van der Waals surface area contributed by atoms with Crippen LogP contribution in [-0.2, 0) is 11.3 Å². The summed E-state index contributed by atoms with van der Waals surface area (Å²) in [5, 5.41) is 7.20. The molecule has 9 nitrogen and oxygen atoms in total. The van der Waals surface area contributed by atoms with Crippen molar-refractivity contribution in [2.45, 2.75) is 33.3 Å². The monoisotopic (exact) mass is 524 g/mol. The molecular weight excluding hydrogens is 496 g/mol. The van der Waals surface area contributed by atoms with Gasteiger partial charge in [-0.05, 0) is 60.9 Å². The molecule has 0 radical (unpaired) electrons. The minimum Gasteiger partial charge on any atom is -0.486 e. The summed E-state index contributed by atoms with van der Waals surface area (Å²) in [5.74, 6) is 1.03. The number of fused-ring (bicyclic) bond motifs is 1. The summed E-state index contributed by atoms with van der Waals surface area (Å²) in [7, 11) is 0. The lowest BCUT2D eigenvalue weighted by atomic mass is 10.0. The van der Waals surface area contributed by atoms with E-state index in [1.54, 1.807) is 41.9 Å². The van der Waals surface area contributed by atoms with Gasteiger partial charge in [0.15, 0.2) is 11.4 Å². The second-order valence-electron chi connectivity index (χ2n) is 9.16. The Kier molecular flexibility index (Phi) is 7.40. The third-order valence-corrected chi connectivity index (χ3v) is 6.13. The van der Waals surface area contributed by atoms with Crippen LogP contribution in [0.2, 0.25) is 0 Å². The number of amides is 1. The Morgan fingerprint density at radius 2 is 1.87 bits per heavy atom. The van der Waals surface area contributed by atoms with Crippen LogP contribution in [0.15, 0.2) is 83.5 Å². The molecule has 2 aromatic carbocycles. The van der Waals surface area contributed by atoms with E-state index < -0.39 is 5.97 Å². The molecule has 0 fully saturated rings. The van der Waals surface area contributed by atoms with Crippen molar-refractivity contribution in [3.05, 3.63) is 102 Å². The van der Waals surface area contributed by atoms with E-state index in [9.17, 15) is 9.59 Å². The minimum atomic E-state index is -0.481. The maximum absolute atomic E-state index is 12.9. The zero-order chi connectivity index (χ0) is 27.4. The van der Waals surface area contributed by atoms with Crippen molar-refractivity contribution in [2.75, 3.05) is 11.9 Å². The van der Waals surface area contributed by atoms with Gasteiger partial charge >= 0.3 is 5.97 Å². The lowest BCUT2D eigenvalue weighted by Crippen LogP contribution is -2.11. The number of carbonyl (C=O) groups excluding carboxylic acids is 2. The molecular formula is C30H28N4O5. The molecule has 5 aromatic rings. The summed E-state index contributed by atoms with van der Waals surface area (Å²) in [4.78, 5) is 29.4. The Labute approximate surface area is 225 Å². The van der Waals surface area contributed by atoms with Gasteiger partial charge in [-0.3, -0.25) is 4.79 Å². The highest BCUT2D eigenvalue weighted by Crippen LogP contribution is 2.25. The maximum Gasteiger partial charge on any atom is 0.343 e. The third-order valence-electron chi connectivity index (χ3n) is 6.13. The average molecular weight is 525 g/mol. The molecule has 3 aromatic heterocycles. The van der Waals surface area contributed by atoms with Crippen LogP contribution in [0.25, 0.3) is 16.9 Å². The summed E-state index contributed by atoms with van der Waals surface area (Å²) in [5.41, 5.74) is 3.96. The Hall–Kier alpha value is -4.92. The SMILES string of the molecule is CCOC(=O)c1cnn2c(-c3cccc(NC(=O)c4ccc(COc5ccc(C(C)C)cc5)o4)c3)ccnc12. The first kappa shape index (κ1) is 25.7. The molecule has 1 N–H and O–H groups in total. The van der Waals surface area contributed by atoms with Crippen molar-refractivity contribution in [3.8, 4) is 17.0 Å². The molecule has 1 amide bonds. The largest absolute Gasteiger partial charge is 0.486 e. The molecule has 3 heterocycles. The molecule has 198 valence electrons. The number of ether oxygens (including phenoxy) is 2. The third kappa shape index (κ3) is 5.67. The van der Waals surface area contributed by atoms with Crippen LogP contribution >= 0.6 is 0 Å². The zero-order valence-electron chi connectivity index (χ0n) is 21.9. The first-order valence-corrected chi connectivity index (χ1v) is 12.7. The van der Waals surface area contributed by atoms with Crippen LogP contribution in [0.5, 0.6) is 5.75 Å². The van der Waals surface area contributed by atoms with Crippen molar-refractivity contribution >= 4 is 23.2 Å². The lowest BCUT2D eigenvalue weighted by molar-refractivity contribution is 0.0528. The topological polar surface area (TPSA) is 108 Å². The minimum absolute atomic E-state index is 0.173. The Morgan fingerprint density at radius 3 is 2.64 bits per heavy atom. The highest BCUT2D eigenvalue weighted by molar-refractivity contribution is 6.02. The van der Waals surface area contributed by atoms with Crippen LogP contribution < -0.4 is 10.1 Å². The number of nitrogens with zero attached hydrogens (tertiary/aromatic N) is 3. The van der Waals surface area contributed by atoms with Gasteiger partial charge in [-0.15, -0.1) is 0 Å². The van der Waals surface area contributed by atoms with Gasteiger partial charge in [-0.25, -0.2) is 14.3 Å². The molecule has 0 saturated carbocycles. The van der Waals surface area contributed by atoms with Crippen LogP contribution in [0.4, 0.5) is 5.69 Å². The Morgan fingerprint density at radius 1 is 1.05 bits per heavy atom. The highest BCUT2D eigenvalue weighted by Gasteiger charge is 2.18. The zero-order valence-corrected chi connectivity index (χ0v) is 21.9. The van der Waals surface area contributed by atoms with E-state index in [2.05, 4.69) is 29.2 Å². The summed E-state index contributed by atoms with van der Waals surface area (Å²) < 4.78 is 18.2. The van der Waals surface area contributed by atoms with Gasteiger partial charge in [-0.2, -0.15) is 5.10 Å². The second kappa shape index (κ2) is 11.2. The van der Waals surface area contributed by atoms with E-state index in [0.717, 1.165) is 11.3 Å². The van der Waals surface area contributed by atoms with Gasteiger partial charge in [0.25, 0.3) is 5.91 Å². The van der Waals surface area contributed by atoms with Gasteiger partial charge in [-0.1, -0.05) is 38.1 Å². The van der Waals surface area contributed by atoms with Gasteiger partial charge in [0.2, 0.25) is 0 Å². The fraction of sp³-hybridized carbons (Fsp3) is 0.200. The van der Waals surface area contributed by atoms with Crippen LogP contribution in [0.3, 0.4) is 0 Å². The number of nitrogens with one attached hydrogen (secondary N) is 1. The number of anilines is 1. The summed E-state index contributed by atoms with van der Waals surface area (Å²) in [6, 6.07) is 20.3. The van der Waals surface area contributed by atoms with E-state index in [1.165, 1.54) is 11.8 Å². The number of benzene rings is 2. The quantitative estimate of drug-likeness (QED) is 0.231. The van der Waals surface area contributed by atoms with Gasteiger partial charge in [0, 0.05) is 17.4 Å². The average Bonchev–Trinajstić information content (AvgIpc) is 3.60. The van der Waals surface area contributed by atoms with Gasteiger partial charge in [0.1, 0.15) is 23.7 Å². The van der Waals surface area contributed by atoms with Crippen LogP contribution in [0.1, 0.15) is 58.9 Å². The van der Waals surface area contributed by atoms with E-state index >= 15 is 0 Å². The predicted octanol–water partition coefficient (Wildman–Crippen LogP) is 6.12. The molecule has 9 heteroatoms. The smallest absolute Gasteiger partial charge is 0.343 e. The number of hydrogen-bond donors (Lipinski definition) is 1. The van der Waals surface area contributed by atoms with Crippen LogP contribution in [0, 0.1) is 0 Å². The highest BCUT2D eigenvalue weighted by atomic mass is 16.5. The number of aromatic nitrogens is 3. The van der Waals surface area contributed by atoms with Crippen molar-refractivity contribution < 1.29 is 23.5 Å². The number of esters is 1. The van der Waals surface area contributed by atoms with E-state index in [1.807, 2.05) is 42.5 Å². The van der Waals surface area contributed by atoms with Crippen molar-refractivity contribution in [2.24, 2.45) is 0 Å². The maximum atomic E-state index is 12.9. The molecule has 0 aliphatic carbocycles. The Balaban J connectivity index is 1.27. The number of rotatable bonds is 9. The number of furan rings is 1. The van der Waals surface area contributed by atoms with Crippen LogP contribution in [-0.4, -0.2) is 33.1 Å². The molecule has 0 aliphatic rings. The van der Waals surface area contributed by atoms with E-state index in [0.29, 0.717) is 28.7 Å². The lowest BCUT2D eigenvalue weighted by Gasteiger charge is -2.09. The molecule has 0 atom stereocenters. The Bertz CT molecular complexity index is 1620. The molecule has 0 bridgehead atoms. The number of hydrogen-bond acceptors (Lipinski definition) is 7. The van der Waals surface area contributed by atoms with Crippen molar-refractivity contribution in [1.29, 1.82) is 0 Å². The molecule has 0 saturated heterocycles.